The van der Waals surface area contributed by atoms with Gasteiger partial charge in [0, 0.05) is 48.4 Å². The smallest absolute Gasteiger partial charge is 0.155 e. The average molecular weight is 320 g/mol. The van der Waals surface area contributed by atoms with Gasteiger partial charge in [-0.25, -0.2) is 9.50 Å². The van der Waals surface area contributed by atoms with Gasteiger partial charge < -0.3 is 5.11 Å². The number of rotatable bonds is 2. The molecule has 2 bridgehead atoms. The summed E-state index contributed by atoms with van der Waals surface area (Å²) in [5.74, 6) is 0.388. The first-order valence-electron chi connectivity index (χ1n) is 8.57. The third-order valence-corrected chi connectivity index (χ3v) is 5.51. The maximum absolute atomic E-state index is 10.1. The topological polar surface area (TPSA) is 53.7 Å². The predicted octanol–water partition coefficient (Wildman–Crippen LogP) is 3.01. The fraction of sp³-hybridized carbons (Fsp3) is 0.368. The zero-order valence-electron chi connectivity index (χ0n) is 13.7. The zero-order valence-corrected chi connectivity index (χ0v) is 13.7. The van der Waals surface area contributed by atoms with Gasteiger partial charge in [0.05, 0.1) is 11.4 Å². The molecule has 0 spiro atoms. The molecule has 0 saturated carbocycles. The number of aromatic hydroxyl groups is 1. The molecule has 2 unspecified atom stereocenters. The molecule has 2 aromatic heterocycles. The van der Waals surface area contributed by atoms with E-state index in [1.54, 1.807) is 6.07 Å². The Morgan fingerprint density at radius 3 is 3.00 bits per heavy atom. The van der Waals surface area contributed by atoms with Crippen molar-refractivity contribution in [2.45, 2.75) is 44.8 Å². The minimum absolute atomic E-state index is 0.375. The van der Waals surface area contributed by atoms with E-state index >= 15 is 0 Å². The number of para-hydroxylation sites is 1. The van der Waals surface area contributed by atoms with E-state index in [-0.39, 0.29) is 0 Å². The van der Waals surface area contributed by atoms with E-state index in [1.165, 1.54) is 17.7 Å². The number of phenols is 1. The zero-order chi connectivity index (χ0) is 16.3. The minimum Gasteiger partial charge on any atom is -0.508 e. The van der Waals surface area contributed by atoms with Crippen LogP contribution in [-0.2, 0) is 13.0 Å². The molecule has 4 heterocycles. The second-order valence-corrected chi connectivity index (χ2v) is 6.97. The Morgan fingerprint density at radius 2 is 2.12 bits per heavy atom. The maximum Gasteiger partial charge on any atom is 0.155 e. The molecule has 1 aromatic carbocycles. The summed E-state index contributed by atoms with van der Waals surface area (Å²) in [6.07, 6.45) is 5.38. The Hall–Kier alpha value is -2.40. The largest absolute Gasteiger partial charge is 0.508 e. The van der Waals surface area contributed by atoms with Gasteiger partial charge >= 0.3 is 0 Å². The van der Waals surface area contributed by atoms with Crippen LogP contribution in [0.5, 0.6) is 5.75 Å². The first kappa shape index (κ1) is 14.0. The Bertz CT molecular complexity index is 932. The molecule has 0 radical (unpaired) electrons. The predicted molar refractivity (Wildman–Crippen MR) is 90.8 cm³/mol. The SMILES string of the molecule is Cc1cc2ncc3c(n2n1)CC1CCC3N1Cc1ccccc1O. The number of aryl methyl sites for hydroxylation is 1. The molecular formula is C19H20N4O. The summed E-state index contributed by atoms with van der Waals surface area (Å²) in [4.78, 5) is 7.14. The van der Waals surface area contributed by atoms with Crippen molar-refractivity contribution in [1.82, 2.24) is 19.5 Å². The van der Waals surface area contributed by atoms with E-state index in [4.69, 9.17) is 0 Å². The van der Waals surface area contributed by atoms with Crippen molar-refractivity contribution in [3.8, 4) is 5.75 Å². The molecule has 3 aromatic rings. The van der Waals surface area contributed by atoms with Gasteiger partial charge in [-0.2, -0.15) is 5.10 Å². The molecule has 122 valence electrons. The lowest BCUT2D eigenvalue weighted by Crippen LogP contribution is -2.38. The third kappa shape index (κ3) is 1.97. The highest BCUT2D eigenvalue weighted by atomic mass is 16.3. The summed E-state index contributed by atoms with van der Waals surface area (Å²) < 4.78 is 2.04. The van der Waals surface area contributed by atoms with Gasteiger partial charge in [0.1, 0.15) is 5.75 Å². The number of aromatic nitrogens is 3. The molecule has 1 N–H and O–H groups in total. The highest BCUT2D eigenvalue weighted by molar-refractivity contribution is 5.44. The van der Waals surface area contributed by atoms with Crippen LogP contribution in [-0.4, -0.2) is 30.6 Å². The lowest BCUT2D eigenvalue weighted by molar-refractivity contribution is 0.163. The molecule has 2 atom stereocenters. The Morgan fingerprint density at radius 1 is 1.25 bits per heavy atom. The molecule has 2 aliphatic heterocycles. The van der Waals surface area contributed by atoms with Crippen LogP contribution in [0, 0.1) is 6.92 Å². The van der Waals surface area contributed by atoms with Crippen molar-refractivity contribution in [1.29, 1.82) is 0 Å². The molecular weight excluding hydrogens is 300 g/mol. The van der Waals surface area contributed by atoms with Crippen LogP contribution in [0.4, 0.5) is 0 Å². The van der Waals surface area contributed by atoms with E-state index in [0.717, 1.165) is 36.3 Å². The van der Waals surface area contributed by atoms with Crippen LogP contribution in [0.2, 0.25) is 0 Å². The third-order valence-electron chi connectivity index (χ3n) is 5.51. The first-order valence-corrected chi connectivity index (χ1v) is 8.57. The van der Waals surface area contributed by atoms with Crippen LogP contribution in [0.3, 0.4) is 0 Å². The van der Waals surface area contributed by atoms with Crippen molar-refractivity contribution >= 4 is 5.65 Å². The van der Waals surface area contributed by atoms with Gasteiger partial charge in [0.15, 0.2) is 5.65 Å². The quantitative estimate of drug-likeness (QED) is 0.788. The Balaban J connectivity index is 1.56. The van der Waals surface area contributed by atoms with Crippen LogP contribution in [0.15, 0.2) is 36.5 Å². The fourth-order valence-electron chi connectivity index (χ4n) is 4.39. The van der Waals surface area contributed by atoms with E-state index < -0.39 is 0 Å². The highest BCUT2D eigenvalue weighted by Crippen LogP contribution is 2.44. The number of phenolic OH excluding ortho intramolecular Hbond substituents is 1. The minimum atomic E-state index is 0.375. The Kier molecular flexibility index (Phi) is 2.94. The molecule has 24 heavy (non-hydrogen) atoms. The van der Waals surface area contributed by atoms with Crippen molar-refractivity contribution in [2.24, 2.45) is 0 Å². The number of fused-ring (bicyclic) bond motifs is 6. The molecule has 0 amide bonds. The van der Waals surface area contributed by atoms with E-state index in [0.29, 0.717) is 17.8 Å². The van der Waals surface area contributed by atoms with Crippen LogP contribution in [0.25, 0.3) is 5.65 Å². The van der Waals surface area contributed by atoms with E-state index in [2.05, 4.69) is 15.0 Å². The fourth-order valence-corrected chi connectivity index (χ4v) is 4.39. The highest BCUT2D eigenvalue weighted by Gasteiger charge is 2.41. The summed E-state index contributed by atoms with van der Waals surface area (Å²) in [5.41, 5.74) is 5.57. The number of benzene rings is 1. The molecule has 0 aliphatic carbocycles. The number of hydrogen-bond donors (Lipinski definition) is 1. The molecule has 5 heteroatoms. The average Bonchev–Trinajstić information content (AvgIpc) is 3.08. The van der Waals surface area contributed by atoms with Gasteiger partial charge in [-0.15, -0.1) is 0 Å². The molecule has 2 aliphatic rings. The first-order chi connectivity index (χ1) is 11.7. The van der Waals surface area contributed by atoms with Gasteiger partial charge in [-0.3, -0.25) is 4.90 Å². The summed E-state index contributed by atoms with van der Waals surface area (Å²) >= 11 is 0. The summed E-state index contributed by atoms with van der Waals surface area (Å²) in [7, 11) is 0. The summed E-state index contributed by atoms with van der Waals surface area (Å²) in [5, 5.41) is 14.8. The van der Waals surface area contributed by atoms with Gasteiger partial charge in [0.25, 0.3) is 0 Å². The normalized spacial score (nSPS) is 22.9. The monoisotopic (exact) mass is 320 g/mol. The van der Waals surface area contributed by atoms with Gasteiger partial charge in [-0.1, -0.05) is 18.2 Å². The van der Waals surface area contributed by atoms with Crippen molar-refractivity contribution in [3.05, 3.63) is 59.0 Å². The summed E-state index contributed by atoms with van der Waals surface area (Å²) in [6.45, 7) is 2.81. The molecule has 5 nitrogen and oxygen atoms in total. The van der Waals surface area contributed by atoms with Gasteiger partial charge in [-0.05, 0) is 25.8 Å². The lowest BCUT2D eigenvalue weighted by atomic mass is 9.98. The standard InChI is InChI=1S/C19H20N4O/c1-12-8-19-20-10-15-16-7-6-14(9-17(15)23(19)21-12)22(16)11-13-4-2-3-5-18(13)24/h2-5,8,10,14,16,24H,6-7,9,11H2,1H3. The second kappa shape index (κ2) is 5.05. The maximum atomic E-state index is 10.1. The van der Waals surface area contributed by atoms with E-state index in [9.17, 15) is 5.11 Å². The van der Waals surface area contributed by atoms with E-state index in [1.807, 2.05) is 41.9 Å². The molecule has 1 fully saturated rings. The Labute approximate surface area is 140 Å². The van der Waals surface area contributed by atoms with Crippen molar-refractivity contribution in [3.63, 3.8) is 0 Å². The van der Waals surface area contributed by atoms with Crippen molar-refractivity contribution in [2.75, 3.05) is 0 Å². The number of nitrogens with zero attached hydrogens (tertiary/aromatic N) is 4. The van der Waals surface area contributed by atoms with Crippen molar-refractivity contribution < 1.29 is 5.11 Å². The summed E-state index contributed by atoms with van der Waals surface area (Å²) in [6, 6.07) is 10.6. The molecule has 5 rings (SSSR count). The number of hydrogen-bond acceptors (Lipinski definition) is 4. The van der Waals surface area contributed by atoms with Gasteiger partial charge in [0.2, 0.25) is 0 Å². The molecule has 1 saturated heterocycles. The van der Waals surface area contributed by atoms with Crippen LogP contribution < -0.4 is 0 Å². The second-order valence-electron chi connectivity index (χ2n) is 6.97. The van der Waals surface area contributed by atoms with Crippen LogP contribution in [0.1, 0.15) is 41.4 Å². The lowest BCUT2D eigenvalue weighted by Gasteiger charge is -2.36. The van der Waals surface area contributed by atoms with Crippen LogP contribution >= 0.6 is 0 Å².